The summed E-state index contributed by atoms with van der Waals surface area (Å²) in [6, 6.07) is 13.6. The Morgan fingerprint density at radius 2 is 2.07 bits per heavy atom. The van der Waals surface area contributed by atoms with Gasteiger partial charge < -0.3 is 9.84 Å². The molecule has 150 valence electrons. The second-order valence-electron chi connectivity index (χ2n) is 6.61. The van der Waals surface area contributed by atoms with E-state index in [1.807, 2.05) is 41.8 Å². The summed E-state index contributed by atoms with van der Waals surface area (Å²) < 4.78 is 5.77. The van der Waals surface area contributed by atoms with Gasteiger partial charge in [0.1, 0.15) is 21.3 Å². The third-order valence-electron chi connectivity index (χ3n) is 4.50. The van der Waals surface area contributed by atoms with Gasteiger partial charge in [0.05, 0.1) is 17.6 Å². The molecule has 0 aliphatic carbocycles. The number of hydrogen-bond acceptors (Lipinski definition) is 6. The fourth-order valence-electron chi connectivity index (χ4n) is 2.91. The Bertz CT molecular complexity index is 973. The molecule has 1 atom stereocenters. The summed E-state index contributed by atoms with van der Waals surface area (Å²) in [6.07, 6.45) is 3.79. The van der Waals surface area contributed by atoms with E-state index in [0.29, 0.717) is 17.3 Å². The van der Waals surface area contributed by atoms with E-state index >= 15 is 0 Å². The van der Waals surface area contributed by atoms with E-state index in [1.165, 1.54) is 22.7 Å². The van der Waals surface area contributed by atoms with Crippen molar-refractivity contribution in [3.05, 3.63) is 46.7 Å². The maximum atomic E-state index is 11.6. The standard InChI is InChI=1S/C22H22N2O3S2/c1-2-3-5-15(14-23)11-12-27-17-9-7-16(8-10-17)21-24-19(18-6-4-13-28-18)20(29-21)22(25)26/h4,6-10,13,15H,2-3,5,11-12H2,1H3,(H,25,26). The largest absolute Gasteiger partial charge is 0.494 e. The van der Waals surface area contributed by atoms with E-state index in [4.69, 9.17) is 4.74 Å². The second-order valence-corrected chi connectivity index (χ2v) is 8.56. The summed E-state index contributed by atoms with van der Waals surface area (Å²) in [5.74, 6) is -0.198. The number of unbranched alkanes of at least 4 members (excludes halogenated alkanes) is 1. The quantitative estimate of drug-likeness (QED) is 0.409. The molecule has 29 heavy (non-hydrogen) atoms. The highest BCUT2D eigenvalue weighted by Gasteiger charge is 2.20. The summed E-state index contributed by atoms with van der Waals surface area (Å²) >= 11 is 2.65. The first kappa shape index (κ1) is 21.0. The molecular formula is C22H22N2O3S2. The lowest BCUT2D eigenvalue weighted by Gasteiger charge is -2.10. The highest BCUT2D eigenvalue weighted by atomic mass is 32.1. The minimum absolute atomic E-state index is 0.0367. The van der Waals surface area contributed by atoms with Crippen LogP contribution in [0.5, 0.6) is 5.75 Å². The molecule has 0 saturated heterocycles. The van der Waals surface area contributed by atoms with Crippen molar-refractivity contribution in [2.75, 3.05) is 6.61 Å². The molecule has 3 rings (SSSR count). The number of nitrogens with zero attached hydrogens (tertiary/aromatic N) is 2. The average Bonchev–Trinajstić information content (AvgIpc) is 3.40. The van der Waals surface area contributed by atoms with Crippen molar-refractivity contribution in [3.8, 4) is 33.0 Å². The molecule has 0 fully saturated rings. The van der Waals surface area contributed by atoms with Crippen LogP contribution in [-0.4, -0.2) is 22.7 Å². The second kappa shape index (κ2) is 10.2. The monoisotopic (exact) mass is 426 g/mol. The molecule has 2 heterocycles. The minimum Gasteiger partial charge on any atom is -0.494 e. The smallest absolute Gasteiger partial charge is 0.348 e. The first-order chi connectivity index (χ1) is 14.1. The van der Waals surface area contributed by atoms with E-state index < -0.39 is 5.97 Å². The lowest BCUT2D eigenvalue weighted by Crippen LogP contribution is -2.05. The summed E-state index contributed by atoms with van der Waals surface area (Å²) in [6.45, 7) is 2.63. The van der Waals surface area contributed by atoms with E-state index in [1.54, 1.807) is 0 Å². The molecule has 3 aromatic rings. The third-order valence-corrected chi connectivity index (χ3v) is 6.47. The first-order valence-electron chi connectivity index (χ1n) is 9.53. The van der Waals surface area contributed by atoms with Crippen molar-refractivity contribution >= 4 is 28.6 Å². The molecule has 7 heteroatoms. The number of benzene rings is 1. The molecule has 0 aliphatic heterocycles. The highest BCUT2D eigenvalue weighted by molar-refractivity contribution is 7.18. The van der Waals surface area contributed by atoms with Crippen LogP contribution in [0.4, 0.5) is 0 Å². The Morgan fingerprint density at radius 1 is 1.28 bits per heavy atom. The van der Waals surface area contributed by atoms with Gasteiger partial charge in [-0.3, -0.25) is 0 Å². The zero-order chi connectivity index (χ0) is 20.6. The molecule has 1 N–H and O–H groups in total. The lowest BCUT2D eigenvalue weighted by molar-refractivity contribution is 0.0702. The van der Waals surface area contributed by atoms with Gasteiger partial charge in [-0.05, 0) is 48.6 Å². The zero-order valence-electron chi connectivity index (χ0n) is 16.1. The van der Waals surface area contributed by atoms with Crippen LogP contribution in [0.1, 0.15) is 42.3 Å². The third kappa shape index (κ3) is 5.43. The molecule has 1 aromatic carbocycles. The predicted molar refractivity (Wildman–Crippen MR) is 117 cm³/mol. The fraction of sp³-hybridized carbons (Fsp3) is 0.318. The van der Waals surface area contributed by atoms with Crippen LogP contribution in [0.25, 0.3) is 21.1 Å². The summed E-state index contributed by atoms with van der Waals surface area (Å²) in [7, 11) is 0. The summed E-state index contributed by atoms with van der Waals surface area (Å²) in [5, 5.41) is 21.3. The number of carbonyl (C=O) groups is 1. The molecule has 0 amide bonds. The van der Waals surface area contributed by atoms with Crippen molar-refractivity contribution in [2.45, 2.75) is 32.6 Å². The molecule has 1 unspecified atom stereocenters. The number of aromatic carboxylic acids is 1. The van der Waals surface area contributed by atoms with E-state index in [0.717, 1.165) is 41.9 Å². The van der Waals surface area contributed by atoms with Gasteiger partial charge in [0.25, 0.3) is 0 Å². The predicted octanol–water partition coefficient (Wildman–Crippen LogP) is 6.34. The number of carboxylic acid groups (broad SMARTS) is 1. The molecule has 0 bridgehead atoms. The molecule has 0 aliphatic rings. The number of thiazole rings is 1. The Morgan fingerprint density at radius 3 is 2.69 bits per heavy atom. The average molecular weight is 427 g/mol. The van der Waals surface area contributed by atoms with Crippen LogP contribution >= 0.6 is 22.7 Å². The van der Waals surface area contributed by atoms with Gasteiger partial charge in [0.15, 0.2) is 0 Å². The number of aromatic nitrogens is 1. The van der Waals surface area contributed by atoms with Gasteiger partial charge in [-0.1, -0.05) is 25.8 Å². The van der Waals surface area contributed by atoms with Crippen LogP contribution in [-0.2, 0) is 0 Å². The van der Waals surface area contributed by atoms with E-state index in [-0.39, 0.29) is 10.8 Å². The van der Waals surface area contributed by atoms with Crippen molar-refractivity contribution in [2.24, 2.45) is 5.92 Å². The van der Waals surface area contributed by atoms with Crippen LogP contribution in [0, 0.1) is 17.2 Å². The van der Waals surface area contributed by atoms with Crippen LogP contribution in [0.3, 0.4) is 0 Å². The Hall–Kier alpha value is -2.69. The molecule has 0 saturated carbocycles. The highest BCUT2D eigenvalue weighted by Crippen LogP contribution is 2.36. The van der Waals surface area contributed by atoms with Crippen LogP contribution < -0.4 is 4.74 Å². The summed E-state index contributed by atoms with van der Waals surface area (Å²) in [4.78, 5) is 17.3. The number of carboxylic acids is 1. The molecule has 2 aromatic heterocycles. The van der Waals surface area contributed by atoms with Crippen molar-refractivity contribution in [1.29, 1.82) is 5.26 Å². The van der Waals surface area contributed by atoms with E-state index in [9.17, 15) is 15.2 Å². The Kier molecular flexibility index (Phi) is 7.39. The van der Waals surface area contributed by atoms with Gasteiger partial charge in [-0.25, -0.2) is 9.78 Å². The van der Waals surface area contributed by atoms with Crippen molar-refractivity contribution in [1.82, 2.24) is 4.98 Å². The van der Waals surface area contributed by atoms with Gasteiger partial charge in [-0.15, -0.1) is 22.7 Å². The zero-order valence-corrected chi connectivity index (χ0v) is 17.8. The number of thiophene rings is 1. The number of hydrogen-bond donors (Lipinski definition) is 1. The number of ether oxygens (including phenoxy) is 1. The number of rotatable bonds is 10. The van der Waals surface area contributed by atoms with Gasteiger partial charge >= 0.3 is 5.97 Å². The number of nitriles is 1. The molecule has 0 radical (unpaired) electrons. The van der Waals surface area contributed by atoms with Crippen molar-refractivity contribution < 1.29 is 14.6 Å². The summed E-state index contributed by atoms with van der Waals surface area (Å²) in [5.41, 5.74) is 1.37. The SMILES string of the molecule is CCCCC(C#N)CCOc1ccc(-c2nc(-c3cccs3)c(C(=O)O)s2)cc1. The van der Waals surface area contributed by atoms with Crippen molar-refractivity contribution in [3.63, 3.8) is 0 Å². The fourth-order valence-corrected chi connectivity index (χ4v) is 4.61. The first-order valence-corrected chi connectivity index (χ1v) is 11.2. The van der Waals surface area contributed by atoms with Gasteiger partial charge in [-0.2, -0.15) is 5.26 Å². The van der Waals surface area contributed by atoms with Gasteiger partial charge in [0, 0.05) is 11.5 Å². The van der Waals surface area contributed by atoms with Gasteiger partial charge in [0.2, 0.25) is 0 Å². The Labute approximate surface area is 178 Å². The Balaban J connectivity index is 1.67. The molecule has 5 nitrogen and oxygen atoms in total. The molecule has 0 spiro atoms. The minimum atomic E-state index is -0.966. The molecular weight excluding hydrogens is 404 g/mol. The maximum Gasteiger partial charge on any atom is 0.348 e. The topological polar surface area (TPSA) is 83.2 Å². The van der Waals surface area contributed by atoms with E-state index in [2.05, 4.69) is 18.0 Å². The normalized spacial score (nSPS) is 11.7. The van der Waals surface area contributed by atoms with Crippen LogP contribution in [0.15, 0.2) is 41.8 Å². The lowest BCUT2D eigenvalue weighted by atomic mass is 10.0. The maximum absolute atomic E-state index is 11.6. The van der Waals surface area contributed by atoms with Crippen LogP contribution in [0.2, 0.25) is 0 Å².